The third kappa shape index (κ3) is 2.75. The number of amides is 1. The number of para-hydroxylation sites is 2. The summed E-state index contributed by atoms with van der Waals surface area (Å²) in [6.07, 6.45) is 4.33. The lowest BCUT2D eigenvalue weighted by Gasteiger charge is -2.24. The van der Waals surface area contributed by atoms with Gasteiger partial charge in [0.05, 0.1) is 27.8 Å². The van der Waals surface area contributed by atoms with Crippen molar-refractivity contribution in [2.45, 2.75) is 25.3 Å². The summed E-state index contributed by atoms with van der Waals surface area (Å²) >= 11 is 6.36. The molecule has 1 atom stereocenters. The molecule has 0 saturated heterocycles. The van der Waals surface area contributed by atoms with Gasteiger partial charge in [-0.05, 0) is 53.5 Å². The molecule has 140 valence electrons. The molecule has 28 heavy (non-hydrogen) atoms. The van der Waals surface area contributed by atoms with Crippen molar-refractivity contribution in [1.29, 1.82) is 0 Å². The molecule has 4 aromatic rings. The van der Waals surface area contributed by atoms with Crippen LogP contribution in [0.15, 0.2) is 48.8 Å². The number of fused-ring (bicyclic) bond motifs is 3. The number of aromatic amines is 1. The molecule has 0 saturated carbocycles. The number of hydrogen-bond donors (Lipinski definition) is 2. The third-order valence-electron chi connectivity index (χ3n) is 5.24. The molecule has 1 amide bonds. The maximum Gasteiger partial charge on any atom is 0.254 e. The minimum absolute atomic E-state index is 0.0957. The standard InChI is InChI=1S/C20H17ClN6O/c21-15-8-3-6-12-13-7-4-9-16(19(13)24-18(12)15)23-20(28)14-5-1-2-10-17(14)27-11-22-25-26-27/h1-3,5-6,8,10-11,16,24H,4,7,9H2,(H,23,28). The first-order chi connectivity index (χ1) is 13.7. The fraction of sp³-hybridized carbons (Fsp3) is 0.200. The number of nitrogens with zero attached hydrogens (tertiary/aromatic N) is 4. The number of rotatable bonds is 3. The molecule has 1 aliphatic rings. The molecular formula is C20H17ClN6O. The van der Waals surface area contributed by atoms with Crippen LogP contribution in [0, 0.1) is 0 Å². The first-order valence-corrected chi connectivity index (χ1v) is 9.52. The van der Waals surface area contributed by atoms with Crippen molar-refractivity contribution in [2.75, 3.05) is 0 Å². The minimum atomic E-state index is -0.159. The number of hydrogen-bond acceptors (Lipinski definition) is 4. The molecule has 2 aromatic heterocycles. The van der Waals surface area contributed by atoms with Gasteiger partial charge in [-0.3, -0.25) is 4.79 Å². The topological polar surface area (TPSA) is 88.5 Å². The first kappa shape index (κ1) is 16.9. The molecule has 0 bridgehead atoms. The summed E-state index contributed by atoms with van der Waals surface area (Å²) in [5.74, 6) is -0.159. The van der Waals surface area contributed by atoms with Gasteiger partial charge in [0.25, 0.3) is 5.91 Å². The van der Waals surface area contributed by atoms with Gasteiger partial charge in [-0.25, -0.2) is 0 Å². The largest absolute Gasteiger partial charge is 0.355 e. The molecule has 1 aliphatic carbocycles. The van der Waals surface area contributed by atoms with E-state index in [4.69, 9.17) is 11.6 Å². The molecule has 0 aliphatic heterocycles. The molecule has 0 spiro atoms. The zero-order valence-electron chi connectivity index (χ0n) is 14.9. The second kappa shape index (κ2) is 6.76. The van der Waals surface area contributed by atoms with Gasteiger partial charge in [0.2, 0.25) is 0 Å². The number of nitrogens with one attached hydrogen (secondary N) is 2. The Morgan fingerprint density at radius 1 is 1.21 bits per heavy atom. The van der Waals surface area contributed by atoms with E-state index >= 15 is 0 Å². The number of carbonyl (C=O) groups is 1. The lowest BCUT2D eigenvalue weighted by Crippen LogP contribution is -2.31. The highest BCUT2D eigenvalue weighted by atomic mass is 35.5. The van der Waals surface area contributed by atoms with Gasteiger partial charge in [-0.1, -0.05) is 35.9 Å². The van der Waals surface area contributed by atoms with Crippen LogP contribution in [-0.4, -0.2) is 31.1 Å². The maximum absolute atomic E-state index is 13.1. The molecule has 0 fully saturated rings. The number of aromatic nitrogens is 5. The van der Waals surface area contributed by atoms with Crippen molar-refractivity contribution in [2.24, 2.45) is 0 Å². The van der Waals surface area contributed by atoms with Crippen LogP contribution >= 0.6 is 11.6 Å². The Kier molecular flexibility index (Phi) is 4.09. The van der Waals surface area contributed by atoms with Gasteiger partial charge in [0.1, 0.15) is 6.33 Å². The highest BCUT2D eigenvalue weighted by Gasteiger charge is 2.27. The van der Waals surface area contributed by atoms with Crippen LogP contribution in [0.25, 0.3) is 16.6 Å². The van der Waals surface area contributed by atoms with E-state index in [0.717, 1.165) is 35.9 Å². The smallest absolute Gasteiger partial charge is 0.254 e. The van der Waals surface area contributed by atoms with Crippen LogP contribution in [-0.2, 0) is 6.42 Å². The van der Waals surface area contributed by atoms with Crippen molar-refractivity contribution in [3.63, 3.8) is 0 Å². The van der Waals surface area contributed by atoms with Gasteiger partial charge in [0.15, 0.2) is 0 Å². The Morgan fingerprint density at radius 3 is 2.96 bits per heavy atom. The number of benzene rings is 2. The molecule has 5 rings (SSSR count). The van der Waals surface area contributed by atoms with E-state index in [1.807, 2.05) is 30.3 Å². The maximum atomic E-state index is 13.1. The predicted molar refractivity (Wildman–Crippen MR) is 106 cm³/mol. The molecule has 8 heteroatoms. The van der Waals surface area contributed by atoms with E-state index in [1.54, 1.807) is 6.07 Å². The van der Waals surface area contributed by atoms with Crippen LogP contribution in [0.4, 0.5) is 0 Å². The Labute approximate surface area is 165 Å². The molecular weight excluding hydrogens is 376 g/mol. The molecule has 2 heterocycles. The fourth-order valence-electron chi connectivity index (χ4n) is 3.97. The quantitative estimate of drug-likeness (QED) is 0.557. The Hall–Kier alpha value is -3.19. The molecule has 0 radical (unpaired) electrons. The van der Waals surface area contributed by atoms with E-state index in [1.165, 1.54) is 16.6 Å². The van der Waals surface area contributed by atoms with Crippen LogP contribution in [0.1, 0.15) is 40.5 Å². The van der Waals surface area contributed by atoms with E-state index in [2.05, 4.69) is 31.9 Å². The number of halogens is 1. The average Bonchev–Trinajstić information content (AvgIpc) is 3.37. The van der Waals surface area contributed by atoms with E-state index in [-0.39, 0.29) is 11.9 Å². The normalized spacial score (nSPS) is 16.1. The molecule has 1 unspecified atom stereocenters. The first-order valence-electron chi connectivity index (χ1n) is 9.14. The Morgan fingerprint density at radius 2 is 2.11 bits per heavy atom. The summed E-state index contributed by atoms with van der Waals surface area (Å²) in [6.45, 7) is 0. The number of carbonyl (C=O) groups excluding carboxylic acids is 1. The van der Waals surface area contributed by atoms with E-state index in [9.17, 15) is 4.79 Å². The van der Waals surface area contributed by atoms with Gasteiger partial charge >= 0.3 is 0 Å². The number of H-pyrrole nitrogens is 1. The van der Waals surface area contributed by atoms with E-state index < -0.39 is 0 Å². The summed E-state index contributed by atoms with van der Waals surface area (Å²) in [6, 6.07) is 13.1. The van der Waals surface area contributed by atoms with Gasteiger partial charge in [-0.15, -0.1) is 5.10 Å². The third-order valence-corrected chi connectivity index (χ3v) is 5.56. The number of tetrazole rings is 1. The van der Waals surface area contributed by atoms with Crippen molar-refractivity contribution in [3.05, 3.63) is 70.6 Å². The van der Waals surface area contributed by atoms with Crippen LogP contribution in [0.3, 0.4) is 0 Å². The summed E-state index contributed by atoms with van der Waals surface area (Å²) in [5.41, 5.74) is 4.38. The summed E-state index contributed by atoms with van der Waals surface area (Å²) in [5, 5.41) is 16.2. The van der Waals surface area contributed by atoms with E-state index in [0.29, 0.717) is 16.3 Å². The average molecular weight is 393 g/mol. The highest BCUT2D eigenvalue weighted by molar-refractivity contribution is 6.35. The van der Waals surface area contributed by atoms with Gasteiger partial charge < -0.3 is 10.3 Å². The zero-order valence-corrected chi connectivity index (χ0v) is 15.6. The Bertz CT molecular complexity index is 1170. The van der Waals surface area contributed by atoms with Crippen LogP contribution in [0.5, 0.6) is 0 Å². The lowest BCUT2D eigenvalue weighted by atomic mass is 9.91. The number of aryl methyl sites for hydroxylation is 1. The van der Waals surface area contributed by atoms with Crippen molar-refractivity contribution >= 4 is 28.4 Å². The molecule has 7 nitrogen and oxygen atoms in total. The molecule has 2 aromatic carbocycles. The molecule has 2 N–H and O–H groups in total. The summed E-state index contributed by atoms with van der Waals surface area (Å²) < 4.78 is 1.49. The van der Waals surface area contributed by atoms with Crippen molar-refractivity contribution in [1.82, 2.24) is 30.5 Å². The highest BCUT2D eigenvalue weighted by Crippen LogP contribution is 2.37. The minimum Gasteiger partial charge on any atom is -0.355 e. The Balaban J connectivity index is 1.50. The second-order valence-corrected chi connectivity index (χ2v) is 7.28. The SMILES string of the molecule is O=C(NC1CCCc2c1[nH]c1c(Cl)cccc21)c1ccccc1-n1cnnn1. The van der Waals surface area contributed by atoms with Crippen LogP contribution in [0.2, 0.25) is 5.02 Å². The van der Waals surface area contributed by atoms with Crippen LogP contribution < -0.4 is 5.32 Å². The summed E-state index contributed by atoms with van der Waals surface area (Å²) in [4.78, 5) is 16.5. The van der Waals surface area contributed by atoms with Gasteiger partial charge in [0, 0.05) is 11.1 Å². The second-order valence-electron chi connectivity index (χ2n) is 6.87. The monoisotopic (exact) mass is 392 g/mol. The fourth-order valence-corrected chi connectivity index (χ4v) is 4.19. The van der Waals surface area contributed by atoms with Gasteiger partial charge in [-0.2, -0.15) is 4.68 Å². The predicted octanol–water partition coefficient (Wildman–Crippen LogP) is 3.60. The van der Waals surface area contributed by atoms with Crippen molar-refractivity contribution in [3.8, 4) is 5.69 Å². The van der Waals surface area contributed by atoms with Crippen molar-refractivity contribution < 1.29 is 4.79 Å². The zero-order chi connectivity index (χ0) is 19.1. The lowest BCUT2D eigenvalue weighted by molar-refractivity contribution is 0.0932. The summed E-state index contributed by atoms with van der Waals surface area (Å²) in [7, 11) is 0.